The number of phenolic OH excluding ortho intramolecular Hbond substituents is 1. The smallest absolute Gasteiger partial charge is 0.200 e. The first-order valence-corrected chi connectivity index (χ1v) is 8.45. The molecule has 0 aliphatic carbocycles. The Morgan fingerprint density at radius 2 is 1.68 bits per heavy atom. The topological polar surface area (TPSA) is 70.7 Å². The molecule has 0 radical (unpaired) electrons. The predicted molar refractivity (Wildman–Crippen MR) is 99.3 cm³/mol. The van der Waals surface area contributed by atoms with Crippen molar-refractivity contribution in [3.63, 3.8) is 0 Å². The van der Waals surface area contributed by atoms with Crippen LogP contribution in [0, 0.1) is 0 Å². The Morgan fingerprint density at radius 3 is 2.24 bits per heavy atom. The van der Waals surface area contributed by atoms with E-state index in [1.165, 1.54) is 19.1 Å². The van der Waals surface area contributed by atoms with Crippen LogP contribution in [0.3, 0.4) is 0 Å². The summed E-state index contributed by atoms with van der Waals surface area (Å²) >= 11 is 5.95. The van der Waals surface area contributed by atoms with Crippen molar-refractivity contribution in [2.24, 2.45) is 0 Å². The highest BCUT2D eigenvalue weighted by molar-refractivity contribution is 6.30. The van der Waals surface area contributed by atoms with Crippen LogP contribution in [0.2, 0.25) is 5.02 Å². The largest absolute Gasteiger partial charge is 0.507 e. The predicted octanol–water partition coefficient (Wildman–Crippen LogP) is 5.00. The van der Waals surface area contributed by atoms with Gasteiger partial charge in [-0.2, -0.15) is 0 Å². The minimum atomic E-state index is -0.965. The van der Waals surface area contributed by atoms with E-state index in [1.807, 2.05) is 13.8 Å². The van der Waals surface area contributed by atoms with Gasteiger partial charge in [0.2, 0.25) is 5.43 Å². The Kier molecular flexibility index (Phi) is 4.58. The Hall–Kier alpha value is -2.30. The van der Waals surface area contributed by atoms with Crippen molar-refractivity contribution in [1.29, 1.82) is 0 Å². The van der Waals surface area contributed by atoms with Gasteiger partial charge in [0.05, 0.1) is 22.6 Å². The summed E-state index contributed by atoms with van der Waals surface area (Å²) in [7, 11) is 0. The molecule has 5 heteroatoms. The first kappa shape index (κ1) is 17.5. The molecule has 2 aromatic carbocycles. The highest BCUT2D eigenvalue weighted by Gasteiger charge is 2.23. The van der Waals surface area contributed by atoms with Gasteiger partial charge < -0.3 is 14.6 Å². The molecular formula is C20H19ClO4. The van der Waals surface area contributed by atoms with Crippen molar-refractivity contribution in [3.05, 3.63) is 63.0 Å². The molecule has 3 aromatic rings. The fourth-order valence-electron chi connectivity index (χ4n) is 2.99. The molecule has 0 spiro atoms. The first-order chi connectivity index (χ1) is 11.8. The van der Waals surface area contributed by atoms with Crippen LogP contribution < -0.4 is 5.43 Å². The van der Waals surface area contributed by atoms with Gasteiger partial charge in [0.25, 0.3) is 0 Å². The molecule has 1 atom stereocenters. The summed E-state index contributed by atoms with van der Waals surface area (Å²) in [5.41, 5.74) is 1.44. The Morgan fingerprint density at radius 1 is 1.04 bits per heavy atom. The minimum Gasteiger partial charge on any atom is -0.507 e. The number of phenols is 1. The molecule has 1 unspecified atom stereocenters. The number of hydrogen-bond acceptors (Lipinski definition) is 4. The molecule has 0 aliphatic rings. The van der Waals surface area contributed by atoms with Gasteiger partial charge in [0, 0.05) is 10.9 Å². The molecule has 2 N–H and O–H groups in total. The van der Waals surface area contributed by atoms with Crippen molar-refractivity contribution in [2.45, 2.75) is 32.8 Å². The van der Waals surface area contributed by atoms with Gasteiger partial charge in [-0.1, -0.05) is 37.6 Å². The molecule has 25 heavy (non-hydrogen) atoms. The summed E-state index contributed by atoms with van der Waals surface area (Å²) in [6.07, 6.45) is -0.965. The Balaban J connectivity index is 2.44. The van der Waals surface area contributed by atoms with Gasteiger partial charge in [0.1, 0.15) is 17.1 Å². The molecule has 1 heterocycles. The summed E-state index contributed by atoms with van der Waals surface area (Å²) in [6, 6.07) is 9.93. The van der Waals surface area contributed by atoms with Crippen molar-refractivity contribution < 1.29 is 14.6 Å². The lowest BCUT2D eigenvalue weighted by Gasteiger charge is -2.16. The van der Waals surface area contributed by atoms with Crippen LogP contribution >= 0.6 is 11.6 Å². The highest BCUT2D eigenvalue weighted by Crippen LogP contribution is 2.36. The quantitative estimate of drug-likeness (QED) is 0.691. The zero-order chi connectivity index (χ0) is 18.3. The fourth-order valence-corrected chi connectivity index (χ4v) is 3.11. The summed E-state index contributed by atoms with van der Waals surface area (Å²) in [4.78, 5) is 13.2. The molecule has 0 bridgehead atoms. The van der Waals surface area contributed by atoms with Gasteiger partial charge in [-0.3, -0.25) is 4.79 Å². The number of hydrogen-bond donors (Lipinski definition) is 2. The number of halogens is 1. The van der Waals surface area contributed by atoms with Crippen LogP contribution in [0.4, 0.5) is 0 Å². The zero-order valence-corrected chi connectivity index (χ0v) is 15.0. The van der Waals surface area contributed by atoms with Crippen LogP contribution in [0.1, 0.15) is 44.1 Å². The average Bonchev–Trinajstić information content (AvgIpc) is 2.55. The molecule has 4 nitrogen and oxygen atoms in total. The van der Waals surface area contributed by atoms with E-state index in [0.717, 1.165) is 5.56 Å². The maximum absolute atomic E-state index is 13.2. The molecule has 0 aliphatic heterocycles. The lowest BCUT2D eigenvalue weighted by molar-refractivity contribution is 0.195. The normalized spacial score (nSPS) is 12.7. The molecule has 0 fully saturated rings. The maximum atomic E-state index is 13.2. The van der Waals surface area contributed by atoms with E-state index < -0.39 is 6.10 Å². The van der Waals surface area contributed by atoms with E-state index in [9.17, 15) is 15.0 Å². The van der Waals surface area contributed by atoms with E-state index in [0.29, 0.717) is 21.7 Å². The van der Waals surface area contributed by atoms with Crippen molar-refractivity contribution >= 4 is 22.6 Å². The van der Waals surface area contributed by atoms with Gasteiger partial charge in [-0.15, -0.1) is 0 Å². The number of aliphatic hydroxyl groups excluding tert-OH is 1. The van der Waals surface area contributed by atoms with Crippen LogP contribution in [0.15, 0.2) is 45.6 Å². The van der Waals surface area contributed by atoms with Crippen LogP contribution in [0.25, 0.3) is 22.1 Å². The van der Waals surface area contributed by atoms with Gasteiger partial charge in [-0.25, -0.2) is 0 Å². The monoisotopic (exact) mass is 358 g/mol. The zero-order valence-electron chi connectivity index (χ0n) is 14.2. The molecular weight excluding hydrogens is 340 g/mol. The average molecular weight is 359 g/mol. The number of benzene rings is 2. The first-order valence-electron chi connectivity index (χ1n) is 8.07. The van der Waals surface area contributed by atoms with Gasteiger partial charge in [0.15, 0.2) is 0 Å². The number of aliphatic hydroxyl groups is 1. The summed E-state index contributed by atoms with van der Waals surface area (Å²) in [5, 5.41) is 21.0. The minimum absolute atomic E-state index is 0.0630. The summed E-state index contributed by atoms with van der Waals surface area (Å²) < 4.78 is 6.04. The summed E-state index contributed by atoms with van der Waals surface area (Å²) in [5.74, 6) is 0.346. The number of rotatable bonds is 3. The second-order valence-corrected chi connectivity index (χ2v) is 6.82. The van der Waals surface area contributed by atoms with Crippen LogP contribution in [-0.4, -0.2) is 10.2 Å². The molecule has 1 aromatic heterocycles. The molecule has 0 saturated heterocycles. The standard InChI is InChI=1S/C20H19ClO4/c1-10(2)19-17(12-4-6-13(21)7-5-12)18(24)14-8-9-15(23)16(11(3)22)20(14)25-19/h4-11,22-23H,1-3H3. The third-order valence-corrected chi connectivity index (χ3v) is 4.43. The fraction of sp³-hybridized carbons (Fsp3) is 0.250. The Bertz CT molecular complexity index is 985. The van der Waals surface area contributed by atoms with E-state index in [1.54, 1.807) is 24.3 Å². The van der Waals surface area contributed by atoms with Gasteiger partial charge in [-0.05, 0) is 36.8 Å². The third kappa shape index (κ3) is 3.03. The van der Waals surface area contributed by atoms with E-state index >= 15 is 0 Å². The van der Waals surface area contributed by atoms with E-state index in [-0.39, 0.29) is 28.2 Å². The highest BCUT2D eigenvalue weighted by atomic mass is 35.5. The number of aromatic hydroxyl groups is 1. The molecule has 130 valence electrons. The molecule has 0 amide bonds. The second-order valence-electron chi connectivity index (χ2n) is 6.38. The van der Waals surface area contributed by atoms with E-state index in [4.69, 9.17) is 16.0 Å². The van der Waals surface area contributed by atoms with Gasteiger partial charge >= 0.3 is 0 Å². The lowest BCUT2D eigenvalue weighted by atomic mass is 9.95. The van der Waals surface area contributed by atoms with Crippen LogP contribution in [0.5, 0.6) is 5.75 Å². The number of fused-ring (bicyclic) bond motifs is 1. The summed E-state index contributed by atoms with van der Waals surface area (Å²) in [6.45, 7) is 5.37. The lowest BCUT2D eigenvalue weighted by Crippen LogP contribution is -2.11. The van der Waals surface area contributed by atoms with E-state index in [2.05, 4.69) is 0 Å². The third-order valence-electron chi connectivity index (χ3n) is 4.18. The maximum Gasteiger partial charge on any atom is 0.200 e. The van der Waals surface area contributed by atoms with Crippen molar-refractivity contribution in [2.75, 3.05) is 0 Å². The van der Waals surface area contributed by atoms with Crippen molar-refractivity contribution in [1.82, 2.24) is 0 Å². The molecule has 3 rings (SSSR count). The Labute approximate surface area is 150 Å². The van der Waals surface area contributed by atoms with Crippen LogP contribution in [-0.2, 0) is 0 Å². The van der Waals surface area contributed by atoms with Crippen molar-refractivity contribution in [3.8, 4) is 16.9 Å². The second kappa shape index (κ2) is 6.54. The SMILES string of the molecule is CC(C)c1oc2c(C(C)O)c(O)ccc2c(=O)c1-c1ccc(Cl)cc1. The molecule has 0 saturated carbocycles.